The molecule has 0 N–H and O–H groups in total. The van der Waals surface area contributed by atoms with Crippen LogP contribution in [0.1, 0.15) is 34.2 Å². The van der Waals surface area contributed by atoms with Crippen molar-refractivity contribution in [2.75, 3.05) is 13.7 Å². The van der Waals surface area contributed by atoms with Crippen molar-refractivity contribution in [1.82, 2.24) is 9.88 Å². The number of hydrogen-bond acceptors (Lipinski definition) is 6. The van der Waals surface area contributed by atoms with Gasteiger partial charge < -0.3 is 14.4 Å². The summed E-state index contributed by atoms with van der Waals surface area (Å²) in [7, 11) is 1.62. The second kappa shape index (κ2) is 9.71. The molecule has 0 fully saturated rings. The normalized spacial score (nSPS) is 10.9. The molecule has 0 bridgehead atoms. The molecule has 0 aliphatic carbocycles. The lowest BCUT2D eigenvalue weighted by Gasteiger charge is -2.23. The van der Waals surface area contributed by atoms with E-state index in [9.17, 15) is 4.79 Å². The van der Waals surface area contributed by atoms with E-state index >= 15 is 0 Å². The lowest BCUT2D eigenvalue weighted by Crippen LogP contribution is -2.33. The molecule has 148 valence electrons. The van der Waals surface area contributed by atoms with Gasteiger partial charge in [0.25, 0.3) is 5.91 Å². The maximum atomic E-state index is 12.8. The lowest BCUT2D eigenvalue weighted by molar-refractivity contribution is 0.0725. The van der Waals surface area contributed by atoms with E-state index < -0.39 is 0 Å². The van der Waals surface area contributed by atoms with Crippen LogP contribution in [-0.4, -0.2) is 29.4 Å². The molecular weight excluding hydrogens is 392 g/mol. The SMILES string of the molecule is COc1ccccc1OCc1nc(CN(CC(C)C)C(=O)c2cccs2)cs1. The minimum Gasteiger partial charge on any atom is -0.493 e. The zero-order valence-electron chi connectivity index (χ0n) is 16.3. The van der Waals surface area contributed by atoms with Crippen molar-refractivity contribution < 1.29 is 14.3 Å². The smallest absolute Gasteiger partial charge is 0.264 e. The fourth-order valence-electron chi connectivity index (χ4n) is 2.78. The Hall–Kier alpha value is -2.38. The summed E-state index contributed by atoms with van der Waals surface area (Å²) in [4.78, 5) is 20.1. The van der Waals surface area contributed by atoms with Gasteiger partial charge in [0.15, 0.2) is 11.5 Å². The lowest BCUT2D eigenvalue weighted by atomic mass is 10.2. The van der Waals surface area contributed by atoms with Gasteiger partial charge in [-0.3, -0.25) is 4.79 Å². The van der Waals surface area contributed by atoms with Crippen LogP contribution in [0.5, 0.6) is 11.5 Å². The summed E-state index contributed by atoms with van der Waals surface area (Å²) in [6.07, 6.45) is 0. The van der Waals surface area contributed by atoms with Crippen molar-refractivity contribution in [2.24, 2.45) is 5.92 Å². The van der Waals surface area contributed by atoms with Crippen LogP contribution in [0.25, 0.3) is 0 Å². The van der Waals surface area contributed by atoms with Crippen molar-refractivity contribution >= 4 is 28.6 Å². The molecular formula is C21H24N2O3S2. The summed E-state index contributed by atoms with van der Waals surface area (Å²) in [5, 5.41) is 4.79. The summed E-state index contributed by atoms with van der Waals surface area (Å²) in [5.41, 5.74) is 0.884. The zero-order chi connectivity index (χ0) is 19.9. The van der Waals surface area contributed by atoms with E-state index in [4.69, 9.17) is 9.47 Å². The number of amides is 1. The first-order valence-corrected chi connectivity index (χ1v) is 10.8. The number of rotatable bonds is 9. The highest BCUT2D eigenvalue weighted by atomic mass is 32.1. The van der Waals surface area contributed by atoms with Gasteiger partial charge in [0.1, 0.15) is 11.6 Å². The Morgan fingerprint density at radius 1 is 1.14 bits per heavy atom. The molecule has 0 aliphatic heterocycles. The van der Waals surface area contributed by atoms with Crippen LogP contribution < -0.4 is 9.47 Å². The van der Waals surface area contributed by atoms with Crippen LogP contribution in [0.15, 0.2) is 47.2 Å². The molecule has 0 unspecified atom stereocenters. The van der Waals surface area contributed by atoms with E-state index in [0.29, 0.717) is 37.1 Å². The number of thiazole rings is 1. The molecule has 28 heavy (non-hydrogen) atoms. The first kappa shape index (κ1) is 20.4. The monoisotopic (exact) mass is 416 g/mol. The first-order valence-electron chi connectivity index (χ1n) is 9.08. The molecule has 3 aromatic rings. The Bertz CT molecular complexity index is 891. The van der Waals surface area contributed by atoms with Gasteiger partial charge >= 0.3 is 0 Å². The molecule has 0 saturated carbocycles. The number of ether oxygens (including phenoxy) is 2. The van der Waals surface area contributed by atoms with E-state index in [1.165, 1.54) is 11.3 Å². The number of para-hydroxylation sites is 2. The van der Waals surface area contributed by atoms with E-state index in [2.05, 4.69) is 18.8 Å². The molecule has 5 nitrogen and oxygen atoms in total. The Kier molecular flexibility index (Phi) is 7.06. The molecule has 0 saturated heterocycles. The number of aromatic nitrogens is 1. The summed E-state index contributed by atoms with van der Waals surface area (Å²) in [6.45, 7) is 5.79. The fraction of sp³-hybridized carbons (Fsp3) is 0.333. The van der Waals surface area contributed by atoms with Crippen molar-refractivity contribution in [3.8, 4) is 11.5 Å². The second-order valence-electron chi connectivity index (χ2n) is 6.73. The standard InChI is InChI=1S/C21H24N2O3S2/c1-15(2)11-23(21(24)19-9-6-10-27-19)12-16-14-28-20(22-16)13-26-18-8-5-4-7-17(18)25-3/h4-10,14-15H,11-13H2,1-3H3. The van der Waals surface area contributed by atoms with E-state index in [0.717, 1.165) is 15.6 Å². The van der Waals surface area contributed by atoms with E-state index in [-0.39, 0.29) is 5.91 Å². The predicted octanol–water partition coefficient (Wildman–Crippen LogP) is 5.09. The number of carbonyl (C=O) groups excluding carboxylic acids is 1. The fourth-order valence-corrected chi connectivity index (χ4v) is 4.16. The van der Waals surface area contributed by atoms with E-state index in [1.807, 2.05) is 52.1 Å². The molecule has 0 atom stereocenters. The Morgan fingerprint density at radius 3 is 2.61 bits per heavy atom. The zero-order valence-corrected chi connectivity index (χ0v) is 17.9. The van der Waals surface area contributed by atoms with Crippen LogP contribution in [0, 0.1) is 5.92 Å². The van der Waals surface area contributed by atoms with Gasteiger partial charge in [-0.15, -0.1) is 22.7 Å². The van der Waals surface area contributed by atoms with Crippen molar-refractivity contribution in [2.45, 2.75) is 27.0 Å². The average molecular weight is 417 g/mol. The minimum absolute atomic E-state index is 0.0588. The highest BCUT2D eigenvalue weighted by molar-refractivity contribution is 7.12. The third kappa shape index (κ3) is 5.33. The Morgan fingerprint density at radius 2 is 1.93 bits per heavy atom. The molecule has 1 aromatic carbocycles. The summed E-state index contributed by atoms with van der Waals surface area (Å²) < 4.78 is 11.2. The van der Waals surface area contributed by atoms with Gasteiger partial charge in [0.2, 0.25) is 0 Å². The predicted molar refractivity (Wildman–Crippen MR) is 113 cm³/mol. The topological polar surface area (TPSA) is 51.7 Å². The Balaban J connectivity index is 1.65. The van der Waals surface area contributed by atoms with Crippen LogP contribution in [0.4, 0.5) is 0 Å². The molecule has 0 spiro atoms. The molecule has 2 aromatic heterocycles. The summed E-state index contributed by atoms with van der Waals surface area (Å²) >= 11 is 3.01. The van der Waals surface area contributed by atoms with Gasteiger partial charge in [-0.1, -0.05) is 32.0 Å². The van der Waals surface area contributed by atoms with Crippen LogP contribution >= 0.6 is 22.7 Å². The quantitative estimate of drug-likeness (QED) is 0.487. The third-order valence-corrected chi connectivity index (χ3v) is 5.71. The summed E-state index contributed by atoms with van der Waals surface area (Å²) in [5.74, 6) is 1.83. The number of thiophene rings is 1. The average Bonchev–Trinajstić information content (AvgIpc) is 3.37. The van der Waals surface area contributed by atoms with Crippen molar-refractivity contribution in [1.29, 1.82) is 0 Å². The number of benzene rings is 1. The second-order valence-corrected chi connectivity index (χ2v) is 8.62. The van der Waals surface area contributed by atoms with Crippen LogP contribution in [0.2, 0.25) is 0 Å². The Labute approximate surface area is 173 Å². The number of hydrogen-bond donors (Lipinski definition) is 0. The number of methoxy groups -OCH3 is 1. The van der Waals surface area contributed by atoms with Crippen molar-refractivity contribution in [3.05, 3.63) is 62.7 Å². The third-order valence-electron chi connectivity index (χ3n) is 3.98. The van der Waals surface area contributed by atoms with Crippen LogP contribution in [0.3, 0.4) is 0 Å². The summed E-state index contributed by atoms with van der Waals surface area (Å²) in [6, 6.07) is 11.3. The van der Waals surface area contributed by atoms with E-state index in [1.54, 1.807) is 18.4 Å². The maximum Gasteiger partial charge on any atom is 0.264 e. The largest absolute Gasteiger partial charge is 0.493 e. The van der Waals surface area contributed by atoms with Crippen molar-refractivity contribution in [3.63, 3.8) is 0 Å². The first-order chi connectivity index (χ1) is 13.6. The molecule has 1 amide bonds. The van der Waals surface area contributed by atoms with Gasteiger partial charge in [0.05, 0.1) is 24.2 Å². The molecule has 3 rings (SSSR count). The molecule has 2 heterocycles. The molecule has 0 radical (unpaired) electrons. The number of carbonyl (C=O) groups is 1. The molecule has 0 aliphatic rings. The minimum atomic E-state index is 0.0588. The molecule has 7 heteroatoms. The highest BCUT2D eigenvalue weighted by Crippen LogP contribution is 2.27. The van der Waals surface area contributed by atoms with Gasteiger partial charge in [0, 0.05) is 11.9 Å². The van der Waals surface area contributed by atoms with Crippen LogP contribution in [-0.2, 0) is 13.2 Å². The number of nitrogens with zero attached hydrogens (tertiary/aromatic N) is 2. The maximum absolute atomic E-state index is 12.8. The van der Waals surface area contributed by atoms with Gasteiger partial charge in [-0.2, -0.15) is 0 Å². The van der Waals surface area contributed by atoms with Gasteiger partial charge in [-0.25, -0.2) is 4.98 Å². The van der Waals surface area contributed by atoms with Gasteiger partial charge in [-0.05, 0) is 29.5 Å². The highest BCUT2D eigenvalue weighted by Gasteiger charge is 2.19.